The van der Waals surface area contributed by atoms with Gasteiger partial charge in [-0.15, -0.1) is 0 Å². The third-order valence-corrected chi connectivity index (χ3v) is 3.47. The Bertz CT molecular complexity index is 358. The first-order valence-electron chi connectivity index (χ1n) is 5.10. The lowest BCUT2D eigenvalue weighted by molar-refractivity contribution is 0.0955. The monoisotopic (exact) mass is 270 g/mol. The summed E-state index contributed by atoms with van der Waals surface area (Å²) in [6.45, 7) is 2.80. The smallest absolute Gasteiger partial charge is 0.0730 e. The highest BCUT2D eigenvalue weighted by Crippen LogP contribution is 2.27. The molecule has 4 heteroatoms. The fourth-order valence-electron chi connectivity index (χ4n) is 1.96. The Morgan fingerprint density at radius 2 is 2.47 bits per heavy atom. The molecule has 2 atom stereocenters. The van der Waals surface area contributed by atoms with E-state index >= 15 is 0 Å². The fourth-order valence-corrected chi connectivity index (χ4v) is 2.37. The lowest BCUT2D eigenvalue weighted by Gasteiger charge is -2.27. The average molecular weight is 271 g/mol. The zero-order valence-corrected chi connectivity index (χ0v) is 10.3. The number of aromatic nitrogens is 1. The van der Waals surface area contributed by atoms with Crippen LogP contribution in [0.4, 0.5) is 0 Å². The molecule has 0 saturated carbocycles. The van der Waals surface area contributed by atoms with E-state index in [9.17, 15) is 0 Å². The van der Waals surface area contributed by atoms with E-state index in [0.29, 0.717) is 0 Å². The van der Waals surface area contributed by atoms with Crippen LogP contribution in [0.2, 0.25) is 0 Å². The largest absolute Gasteiger partial charge is 0.377 e. The first-order chi connectivity index (χ1) is 7.10. The highest BCUT2D eigenvalue weighted by molar-refractivity contribution is 9.10. The van der Waals surface area contributed by atoms with Crippen molar-refractivity contribution in [1.29, 1.82) is 0 Å². The molecule has 1 aromatic heterocycles. The van der Waals surface area contributed by atoms with Crippen molar-refractivity contribution in [1.82, 2.24) is 4.98 Å². The maximum absolute atomic E-state index is 6.32. The van der Waals surface area contributed by atoms with Gasteiger partial charge in [-0.3, -0.25) is 4.98 Å². The van der Waals surface area contributed by atoms with Gasteiger partial charge in [0.1, 0.15) is 0 Å². The fraction of sp³-hybridized carbons (Fsp3) is 0.545. The summed E-state index contributed by atoms with van der Waals surface area (Å²) in [6, 6.07) is 2.06. The van der Waals surface area contributed by atoms with Gasteiger partial charge in [-0.05, 0) is 47.3 Å². The van der Waals surface area contributed by atoms with Crippen LogP contribution in [-0.4, -0.2) is 23.2 Å². The molecule has 2 heterocycles. The molecule has 0 spiro atoms. The number of rotatable bonds is 2. The summed E-state index contributed by atoms with van der Waals surface area (Å²) in [6.07, 6.45) is 5.50. The minimum absolute atomic E-state index is 0.122. The maximum Gasteiger partial charge on any atom is 0.0730 e. The quantitative estimate of drug-likeness (QED) is 0.893. The Labute approximate surface area is 98.2 Å². The molecule has 0 bridgehead atoms. The zero-order chi connectivity index (χ0) is 10.9. The first kappa shape index (κ1) is 11.0. The third-order valence-electron chi connectivity index (χ3n) is 3.04. The molecule has 2 rings (SSSR count). The molecule has 1 aromatic rings. The molecule has 3 nitrogen and oxygen atoms in total. The lowest BCUT2D eigenvalue weighted by Crippen LogP contribution is -2.48. The molecule has 0 aromatic carbocycles. The first-order valence-corrected chi connectivity index (χ1v) is 5.89. The normalized spacial score (nSPS) is 30.7. The van der Waals surface area contributed by atoms with Crippen molar-refractivity contribution in [2.24, 2.45) is 5.73 Å². The Hall–Kier alpha value is -0.450. The SMILES string of the molecule is CC1OCCC1(N)Cc1cncc(Br)c1. The van der Waals surface area contributed by atoms with Crippen LogP contribution in [0.15, 0.2) is 22.9 Å². The molecular formula is C11H15BrN2O. The standard InChI is InChI=1S/C11H15BrN2O/c1-8-11(13,2-3-15-8)5-9-4-10(12)7-14-6-9/h4,6-8H,2-3,5,13H2,1H3. The number of nitrogens with two attached hydrogens (primary N) is 1. The Kier molecular flexibility index (Phi) is 3.09. The zero-order valence-electron chi connectivity index (χ0n) is 8.74. The number of halogens is 1. The molecule has 0 amide bonds. The Morgan fingerprint density at radius 1 is 1.67 bits per heavy atom. The number of pyridine rings is 1. The molecular weight excluding hydrogens is 256 g/mol. The van der Waals surface area contributed by atoms with E-state index < -0.39 is 0 Å². The molecule has 1 aliphatic heterocycles. The number of nitrogens with zero attached hydrogens (tertiary/aromatic N) is 1. The summed E-state index contributed by atoms with van der Waals surface area (Å²) in [4.78, 5) is 4.14. The number of hydrogen-bond acceptors (Lipinski definition) is 3. The van der Waals surface area contributed by atoms with Gasteiger partial charge < -0.3 is 10.5 Å². The molecule has 1 saturated heterocycles. The van der Waals surface area contributed by atoms with Crippen LogP contribution in [0, 0.1) is 0 Å². The highest BCUT2D eigenvalue weighted by Gasteiger charge is 2.37. The minimum atomic E-state index is -0.234. The third kappa shape index (κ3) is 2.38. The van der Waals surface area contributed by atoms with E-state index in [1.54, 1.807) is 6.20 Å². The lowest BCUT2D eigenvalue weighted by atomic mass is 9.87. The van der Waals surface area contributed by atoms with Gasteiger partial charge in [-0.25, -0.2) is 0 Å². The second-order valence-corrected chi connectivity index (χ2v) is 5.10. The predicted octanol–water partition coefficient (Wildman–Crippen LogP) is 1.89. The van der Waals surface area contributed by atoms with Gasteiger partial charge in [0.05, 0.1) is 6.10 Å². The summed E-state index contributed by atoms with van der Waals surface area (Å²) < 4.78 is 6.51. The van der Waals surface area contributed by atoms with Gasteiger partial charge in [0.2, 0.25) is 0 Å². The van der Waals surface area contributed by atoms with Gasteiger partial charge in [-0.1, -0.05) is 0 Å². The van der Waals surface area contributed by atoms with Gasteiger partial charge in [-0.2, -0.15) is 0 Å². The van der Waals surface area contributed by atoms with Crippen molar-refractivity contribution in [2.75, 3.05) is 6.61 Å². The van der Waals surface area contributed by atoms with E-state index in [-0.39, 0.29) is 11.6 Å². The Morgan fingerprint density at radius 3 is 3.07 bits per heavy atom. The number of hydrogen-bond donors (Lipinski definition) is 1. The summed E-state index contributed by atoms with van der Waals surface area (Å²) in [5.41, 5.74) is 7.24. The highest BCUT2D eigenvalue weighted by atomic mass is 79.9. The van der Waals surface area contributed by atoms with Gasteiger partial charge in [0.15, 0.2) is 0 Å². The Balaban J connectivity index is 2.14. The summed E-state index contributed by atoms with van der Waals surface area (Å²) >= 11 is 3.41. The molecule has 0 radical (unpaired) electrons. The van der Waals surface area contributed by atoms with Crippen LogP contribution in [0.1, 0.15) is 18.9 Å². The van der Waals surface area contributed by atoms with Crippen LogP contribution < -0.4 is 5.73 Å². The second-order valence-electron chi connectivity index (χ2n) is 4.18. The van der Waals surface area contributed by atoms with Crippen molar-refractivity contribution in [3.63, 3.8) is 0 Å². The van der Waals surface area contributed by atoms with Gasteiger partial charge >= 0.3 is 0 Å². The molecule has 82 valence electrons. The second kappa shape index (κ2) is 4.20. The van der Waals surface area contributed by atoms with Crippen molar-refractivity contribution in [3.8, 4) is 0 Å². The van der Waals surface area contributed by atoms with E-state index in [4.69, 9.17) is 10.5 Å². The van der Waals surface area contributed by atoms with Crippen LogP contribution in [0.5, 0.6) is 0 Å². The minimum Gasteiger partial charge on any atom is -0.377 e. The van der Waals surface area contributed by atoms with E-state index in [1.165, 1.54) is 0 Å². The summed E-state index contributed by atoms with van der Waals surface area (Å²) in [5.74, 6) is 0. The van der Waals surface area contributed by atoms with Gasteiger partial charge in [0.25, 0.3) is 0 Å². The molecule has 1 fully saturated rings. The number of ether oxygens (including phenoxy) is 1. The van der Waals surface area contributed by atoms with Gasteiger partial charge in [0, 0.05) is 29.0 Å². The molecule has 0 aliphatic carbocycles. The topological polar surface area (TPSA) is 48.1 Å². The maximum atomic E-state index is 6.32. The molecule has 15 heavy (non-hydrogen) atoms. The van der Waals surface area contributed by atoms with E-state index in [1.807, 2.05) is 13.1 Å². The van der Waals surface area contributed by atoms with Crippen molar-refractivity contribution in [3.05, 3.63) is 28.5 Å². The van der Waals surface area contributed by atoms with Crippen molar-refractivity contribution in [2.45, 2.75) is 31.4 Å². The molecule has 2 unspecified atom stereocenters. The van der Waals surface area contributed by atoms with Crippen LogP contribution in [0.3, 0.4) is 0 Å². The average Bonchev–Trinajstić information content (AvgIpc) is 2.47. The van der Waals surface area contributed by atoms with Crippen molar-refractivity contribution < 1.29 is 4.74 Å². The summed E-state index contributed by atoms with van der Waals surface area (Å²) in [7, 11) is 0. The summed E-state index contributed by atoms with van der Waals surface area (Å²) in [5, 5.41) is 0. The van der Waals surface area contributed by atoms with Crippen LogP contribution in [0.25, 0.3) is 0 Å². The predicted molar refractivity (Wildman–Crippen MR) is 62.6 cm³/mol. The van der Waals surface area contributed by atoms with E-state index in [2.05, 4.69) is 27.0 Å². The molecule has 2 N–H and O–H groups in total. The molecule has 1 aliphatic rings. The van der Waals surface area contributed by atoms with E-state index in [0.717, 1.165) is 29.5 Å². The van der Waals surface area contributed by atoms with Crippen molar-refractivity contribution >= 4 is 15.9 Å². The van der Waals surface area contributed by atoms with Crippen LogP contribution in [-0.2, 0) is 11.2 Å². The van der Waals surface area contributed by atoms with Crippen LogP contribution >= 0.6 is 15.9 Å².